The quantitative estimate of drug-likeness (QED) is 0.879. The summed E-state index contributed by atoms with van der Waals surface area (Å²) in [7, 11) is 0. The molecule has 0 fully saturated rings. The van der Waals surface area contributed by atoms with E-state index < -0.39 is 11.9 Å². The third kappa shape index (κ3) is 2.65. The van der Waals surface area contributed by atoms with Crippen LogP contribution in [0.2, 0.25) is 0 Å². The van der Waals surface area contributed by atoms with Crippen molar-refractivity contribution in [1.82, 2.24) is 4.98 Å². The van der Waals surface area contributed by atoms with Crippen LogP contribution in [-0.4, -0.2) is 22.8 Å². The Morgan fingerprint density at radius 2 is 2.18 bits per heavy atom. The first kappa shape index (κ1) is 14.5. The summed E-state index contributed by atoms with van der Waals surface area (Å²) in [4.78, 5) is 29.9. The molecule has 1 aliphatic rings. The van der Waals surface area contributed by atoms with Crippen LogP contribution in [0, 0.1) is 6.92 Å². The van der Waals surface area contributed by atoms with Gasteiger partial charge in [-0.1, -0.05) is 18.2 Å². The zero-order valence-electron chi connectivity index (χ0n) is 12.0. The maximum absolute atomic E-state index is 12.5. The number of carbonyl (C=O) groups excluding carboxylic acids is 2. The number of thiazole rings is 1. The number of carbonyl (C=O) groups is 2. The SMILES string of the molecule is Cc1nc(/C=C/C(=O)N2c3ccccc3C[C@H]2C(N)=O)cs1. The number of para-hydroxylation sites is 1. The van der Waals surface area contributed by atoms with Gasteiger partial charge in [-0.2, -0.15) is 0 Å². The molecule has 0 saturated heterocycles. The van der Waals surface area contributed by atoms with Gasteiger partial charge in [-0.25, -0.2) is 4.98 Å². The number of anilines is 1. The summed E-state index contributed by atoms with van der Waals surface area (Å²) in [5.41, 5.74) is 7.89. The first-order chi connectivity index (χ1) is 10.6. The molecule has 0 radical (unpaired) electrons. The number of nitrogens with zero attached hydrogens (tertiary/aromatic N) is 2. The predicted molar refractivity (Wildman–Crippen MR) is 86.5 cm³/mol. The molecule has 0 spiro atoms. The number of aromatic nitrogens is 1. The average Bonchev–Trinajstić information content (AvgIpc) is 3.08. The Balaban J connectivity index is 1.89. The molecule has 2 N–H and O–H groups in total. The van der Waals surface area contributed by atoms with Crippen LogP contribution in [0.1, 0.15) is 16.3 Å². The Morgan fingerprint density at radius 1 is 1.41 bits per heavy atom. The summed E-state index contributed by atoms with van der Waals surface area (Å²) < 4.78 is 0. The Labute approximate surface area is 132 Å². The summed E-state index contributed by atoms with van der Waals surface area (Å²) in [6.07, 6.45) is 3.55. The van der Waals surface area contributed by atoms with Crippen molar-refractivity contribution < 1.29 is 9.59 Å². The van der Waals surface area contributed by atoms with E-state index in [1.807, 2.05) is 36.6 Å². The fourth-order valence-electron chi connectivity index (χ4n) is 2.58. The van der Waals surface area contributed by atoms with Crippen molar-refractivity contribution in [2.75, 3.05) is 4.90 Å². The minimum atomic E-state index is -0.633. The molecule has 2 amide bonds. The van der Waals surface area contributed by atoms with E-state index in [9.17, 15) is 9.59 Å². The van der Waals surface area contributed by atoms with Crippen LogP contribution in [0.25, 0.3) is 6.08 Å². The van der Waals surface area contributed by atoms with Gasteiger partial charge in [0, 0.05) is 23.6 Å². The summed E-state index contributed by atoms with van der Waals surface area (Å²) in [6, 6.07) is 6.84. The van der Waals surface area contributed by atoms with E-state index in [2.05, 4.69) is 4.98 Å². The lowest BCUT2D eigenvalue weighted by Crippen LogP contribution is -2.45. The number of hydrogen-bond donors (Lipinski definition) is 1. The second-order valence-corrected chi connectivity index (χ2v) is 6.15. The monoisotopic (exact) mass is 313 g/mol. The van der Waals surface area contributed by atoms with E-state index in [0.717, 1.165) is 22.0 Å². The zero-order valence-corrected chi connectivity index (χ0v) is 12.8. The molecular formula is C16H15N3O2S. The fourth-order valence-corrected chi connectivity index (χ4v) is 3.16. The fraction of sp³-hybridized carbons (Fsp3) is 0.188. The number of amides is 2. The molecule has 1 aliphatic heterocycles. The van der Waals surface area contributed by atoms with Crippen molar-refractivity contribution in [3.8, 4) is 0 Å². The highest BCUT2D eigenvalue weighted by Crippen LogP contribution is 2.32. The van der Waals surface area contributed by atoms with Crippen molar-refractivity contribution in [3.63, 3.8) is 0 Å². The minimum Gasteiger partial charge on any atom is -0.368 e. The van der Waals surface area contributed by atoms with Crippen LogP contribution >= 0.6 is 11.3 Å². The van der Waals surface area contributed by atoms with E-state index >= 15 is 0 Å². The lowest BCUT2D eigenvalue weighted by Gasteiger charge is -2.21. The van der Waals surface area contributed by atoms with Gasteiger partial charge >= 0.3 is 0 Å². The largest absolute Gasteiger partial charge is 0.368 e. The predicted octanol–water partition coefficient (Wildman–Crippen LogP) is 1.91. The first-order valence-corrected chi connectivity index (χ1v) is 7.75. The third-order valence-electron chi connectivity index (χ3n) is 3.58. The summed E-state index contributed by atoms with van der Waals surface area (Å²) in [5.74, 6) is -0.762. The smallest absolute Gasteiger partial charge is 0.251 e. The van der Waals surface area contributed by atoms with Gasteiger partial charge in [0.2, 0.25) is 5.91 Å². The summed E-state index contributed by atoms with van der Waals surface area (Å²) in [6.45, 7) is 1.91. The van der Waals surface area contributed by atoms with Crippen molar-refractivity contribution in [2.45, 2.75) is 19.4 Å². The summed E-state index contributed by atoms with van der Waals surface area (Å²) >= 11 is 1.52. The Bertz CT molecular complexity index is 766. The normalized spacial score (nSPS) is 17.0. The number of fused-ring (bicyclic) bond motifs is 1. The lowest BCUT2D eigenvalue weighted by molar-refractivity contribution is -0.122. The van der Waals surface area contributed by atoms with Crippen molar-refractivity contribution in [1.29, 1.82) is 0 Å². The van der Waals surface area contributed by atoms with Crippen LogP contribution in [0.15, 0.2) is 35.7 Å². The molecule has 1 aromatic heterocycles. The number of hydrogen-bond acceptors (Lipinski definition) is 4. The topological polar surface area (TPSA) is 76.3 Å². The van der Waals surface area contributed by atoms with Crippen LogP contribution in [0.4, 0.5) is 5.69 Å². The van der Waals surface area contributed by atoms with E-state index in [0.29, 0.717) is 6.42 Å². The van der Waals surface area contributed by atoms with Crippen molar-refractivity contribution in [2.24, 2.45) is 5.73 Å². The second-order valence-electron chi connectivity index (χ2n) is 5.08. The van der Waals surface area contributed by atoms with Gasteiger partial charge in [0.25, 0.3) is 5.91 Å². The van der Waals surface area contributed by atoms with E-state index in [1.54, 1.807) is 6.08 Å². The van der Waals surface area contributed by atoms with Gasteiger partial charge in [-0.3, -0.25) is 14.5 Å². The van der Waals surface area contributed by atoms with Gasteiger partial charge in [0.05, 0.1) is 10.7 Å². The number of aryl methyl sites for hydroxylation is 1. The average molecular weight is 313 g/mol. The van der Waals surface area contributed by atoms with Crippen molar-refractivity contribution >= 4 is 34.9 Å². The van der Waals surface area contributed by atoms with Crippen LogP contribution in [-0.2, 0) is 16.0 Å². The molecule has 5 nitrogen and oxygen atoms in total. The molecule has 112 valence electrons. The Morgan fingerprint density at radius 3 is 2.86 bits per heavy atom. The van der Waals surface area contributed by atoms with Crippen molar-refractivity contribution in [3.05, 3.63) is 52.0 Å². The number of primary amides is 1. The van der Waals surface area contributed by atoms with Gasteiger partial charge in [-0.05, 0) is 24.6 Å². The highest BCUT2D eigenvalue weighted by Gasteiger charge is 2.36. The molecule has 0 saturated carbocycles. The number of benzene rings is 1. The molecule has 2 heterocycles. The molecule has 22 heavy (non-hydrogen) atoms. The molecule has 3 rings (SSSR count). The first-order valence-electron chi connectivity index (χ1n) is 6.87. The molecular weight excluding hydrogens is 298 g/mol. The number of rotatable bonds is 3. The maximum Gasteiger partial charge on any atom is 0.251 e. The Kier molecular flexibility index (Phi) is 3.77. The van der Waals surface area contributed by atoms with Crippen LogP contribution in [0.3, 0.4) is 0 Å². The molecule has 6 heteroatoms. The maximum atomic E-state index is 12.5. The highest BCUT2D eigenvalue weighted by atomic mass is 32.1. The molecule has 0 aliphatic carbocycles. The lowest BCUT2D eigenvalue weighted by atomic mass is 10.1. The molecule has 2 aromatic rings. The molecule has 1 atom stereocenters. The Hall–Kier alpha value is -2.47. The van der Waals surface area contributed by atoms with Gasteiger partial charge in [0.1, 0.15) is 6.04 Å². The minimum absolute atomic E-state index is 0.264. The summed E-state index contributed by atoms with van der Waals surface area (Å²) in [5, 5.41) is 2.82. The standard InChI is InChI=1S/C16H15N3O2S/c1-10-18-12(9-22-10)6-7-15(20)19-13-5-3-2-4-11(13)8-14(19)16(17)21/h2-7,9,14H,8H2,1H3,(H2,17,21)/b7-6+/t14-/m0/s1. The van der Waals surface area contributed by atoms with Gasteiger partial charge in [0.15, 0.2) is 0 Å². The van der Waals surface area contributed by atoms with Crippen LogP contribution < -0.4 is 10.6 Å². The van der Waals surface area contributed by atoms with Gasteiger partial charge < -0.3 is 5.73 Å². The third-order valence-corrected chi connectivity index (χ3v) is 4.37. The molecule has 0 bridgehead atoms. The second kappa shape index (κ2) is 5.73. The highest BCUT2D eigenvalue weighted by molar-refractivity contribution is 7.09. The van der Waals surface area contributed by atoms with E-state index in [-0.39, 0.29) is 5.91 Å². The zero-order chi connectivity index (χ0) is 15.7. The van der Waals surface area contributed by atoms with E-state index in [1.165, 1.54) is 22.3 Å². The van der Waals surface area contributed by atoms with E-state index in [4.69, 9.17) is 5.73 Å². The van der Waals surface area contributed by atoms with Gasteiger partial charge in [-0.15, -0.1) is 11.3 Å². The molecule has 0 unspecified atom stereocenters. The van der Waals surface area contributed by atoms with Crippen LogP contribution in [0.5, 0.6) is 0 Å². The molecule has 1 aromatic carbocycles. The number of nitrogens with two attached hydrogens (primary N) is 1.